The summed E-state index contributed by atoms with van der Waals surface area (Å²) in [6.45, 7) is 0. The van der Waals surface area contributed by atoms with Crippen LogP contribution >= 0.6 is 11.3 Å². The van der Waals surface area contributed by atoms with Crippen molar-refractivity contribution in [1.82, 2.24) is 0 Å². The van der Waals surface area contributed by atoms with Crippen molar-refractivity contribution in [2.24, 2.45) is 0 Å². The smallest absolute Gasteiger partial charge is 0.348 e. The summed E-state index contributed by atoms with van der Waals surface area (Å²) >= 11 is 1.12. The van der Waals surface area contributed by atoms with E-state index in [1.165, 1.54) is 0 Å². The van der Waals surface area contributed by atoms with Gasteiger partial charge in [0.1, 0.15) is 10.5 Å². The number of amides is 1. The fraction of sp³-hybridized carbons (Fsp3) is 0. The van der Waals surface area contributed by atoms with Crippen molar-refractivity contribution in [2.45, 2.75) is 0 Å². The summed E-state index contributed by atoms with van der Waals surface area (Å²) in [5.74, 6) is -1.44. The molecule has 6 heteroatoms. The van der Waals surface area contributed by atoms with E-state index in [1.54, 1.807) is 18.2 Å². The second-order valence-electron chi connectivity index (χ2n) is 5.63. The molecule has 2 aromatic carbocycles. The Morgan fingerprint density at radius 2 is 1.69 bits per heavy atom. The van der Waals surface area contributed by atoms with Crippen LogP contribution in [-0.4, -0.2) is 17.0 Å². The maximum absolute atomic E-state index is 12.5. The van der Waals surface area contributed by atoms with E-state index in [1.807, 2.05) is 48.5 Å². The number of furan rings is 1. The quantitative estimate of drug-likeness (QED) is 0.528. The SMILES string of the molecule is O=C(Nc1cc(-c2ccccc2)sc1C(=O)O)c1cc2ccccc2o1. The van der Waals surface area contributed by atoms with Gasteiger partial charge in [0.05, 0.1) is 5.69 Å². The molecule has 0 bridgehead atoms. The second-order valence-corrected chi connectivity index (χ2v) is 6.68. The van der Waals surface area contributed by atoms with E-state index < -0.39 is 11.9 Å². The lowest BCUT2D eigenvalue weighted by Gasteiger charge is -2.01. The number of nitrogens with one attached hydrogen (secondary N) is 1. The van der Waals surface area contributed by atoms with Crippen molar-refractivity contribution in [3.63, 3.8) is 0 Å². The van der Waals surface area contributed by atoms with Crippen molar-refractivity contribution in [2.75, 3.05) is 5.32 Å². The van der Waals surface area contributed by atoms with E-state index in [4.69, 9.17) is 4.42 Å². The molecule has 0 saturated carbocycles. The summed E-state index contributed by atoms with van der Waals surface area (Å²) in [6, 6.07) is 20.0. The van der Waals surface area contributed by atoms with Crippen LogP contribution in [0.3, 0.4) is 0 Å². The Balaban J connectivity index is 1.67. The topological polar surface area (TPSA) is 79.5 Å². The Morgan fingerprint density at radius 3 is 2.42 bits per heavy atom. The van der Waals surface area contributed by atoms with E-state index in [9.17, 15) is 14.7 Å². The van der Waals surface area contributed by atoms with Gasteiger partial charge in [-0.25, -0.2) is 4.79 Å². The molecular weight excluding hydrogens is 350 g/mol. The van der Waals surface area contributed by atoms with E-state index in [0.29, 0.717) is 5.58 Å². The number of benzene rings is 2. The Bertz CT molecular complexity index is 1080. The molecule has 0 saturated heterocycles. The Labute approximate surface area is 152 Å². The van der Waals surface area contributed by atoms with Gasteiger partial charge in [-0.15, -0.1) is 11.3 Å². The second kappa shape index (κ2) is 6.50. The number of carbonyl (C=O) groups excluding carboxylic acids is 1. The highest BCUT2D eigenvalue weighted by molar-refractivity contribution is 7.18. The van der Waals surface area contributed by atoms with Gasteiger partial charge in [-0.2, -0.15) is 0 Å². The fourth-order valence-corrected chi connectivity index (χ4v) is 3.62. The van der Waals surface area contributed by atoms with Crippen LogP contribution in [0.15, 0.2) is 71.1 Å². The minimum absolute atomic E-state index is 0.0771. The van der Waals surface area contributed by atoms with Crippen molar-refractivity contribution in [1.29, 1.82) is 0 Å². The molecule has 0 aliphatic carbocycles. The van der Waals surface area contributed by atoms with Crippen LogP contribution < -0.4 is 5.32 Å². The minimum atomic E-state index is -1.09. The Hall–Kier alpha value is -3.38. The molecule has 0 spiro atoms. The first-order chi connectivity index (χ1) is 12.6. The molecule has 2 N–H and O–H groups in total. The van der Waals surface area contributed by atoms with Crippen LogP contribution in [0.2, 0.25) is 0 Å². The molecule has 2 heterocycles. The monoisotopic (exact) mass is 363 g/mol. The van der Waals surface area contributed by atoms with Crippen LogP contribution in [-0.2, 0) is 0 Å². The van der Waals surface area contributed by atoms with E-state index >= 15 is 0 Å². The number of carbonyl (C=O) groups is 2. The van der Waals surface area contributed by atoms with E-state index in [2.05, 4.69) is 5.32 Å². The Morgan fingerprint density at radius 1 is 0.962 bits per heavy atom. The molecule has 1 amide bonds. The third kappa shape index (κ3) is 2.98. The zero-order valence-corrected chi connectivity index (χ0v) is 14.2. The predicted molar refractivity (Wildman–Crippen MR) is 101 cm³/mol. The number of para-hydroxylation sites is 1. The number of fused-ring (bicyclic) bond motifs is 1. The molecule has 2 aromatic heterocycles. The van der Waals surface area contributed by atoms with Gasteiger partial charge in [-0.3, -0.25) is 4.79 Å². The first-order valence-electron chi connectivity index (χ1n) is 7.84. The van der Waals surface area contributed by atoms with Gasteiger partial charge in [0.2, 0.25) is 0 Å². The van der Waals surface area contributed by atoms with Gasteiger partial charge >= 0.3 is 5.97 Å². The summed E-state index contributed by atoms with van der Waals surface area (Å²) in [7, 11) is 0. The lowest BCUT2D eigenvalue weighted by atomic mass is 10.2. The van der Waals surface area contributed by atoms with E-state index in [-0.39, 0.29) is 16.3 Å². The molecule has 0 unspecified atom stereocenters. The van der Waals surface area contributed by atoms with Crippen molar-refractivity contribution in [3.05, 3.63) is 77.4 Å². The molecule has 0 fully saturated rings. The lowest BCUT2D eigenvalue weighted by Crippen LogP contribution is -2.12. The number of rotatable bonds is 4. The third-order valence-corrected chi connectivity index (χ3v) is 5.05. The third-order valence-electron chi connectivity index (χ3n) is 3.88. The maximum Gasteiger partial charge on any atom is 0.348 e. The molecule has 4 rings (SSSR count). The molecule has 0 atom stereocenters. The highest BCUT2D eigenvalue weighted by Gasteiger charge is 2.20. The number of hydrogen-bond acceptors (Lipinski definition) is 4. The molecule has 5 nitrogen and oxygen atoms in total. The lowest BCUT2D eigenvalue weighted by molar-refractivity contribution is 0.0703. The fourth-order valence-electron chi connectivity index (χ4n) is 2.67. The summed E-state index contributed by atoms with van der Waals surface area (Å²) in [4.78, 5) is 24.9. The van der Waals surface area contributed by atoms with Crippen LogP contribution in [0.1, 0.15) is 20.2 Å². The predicted octanol–water partition coefficient (Wildman–Crippen LogP) is 5.11. The molecule has 0 aliphatic heterocycles. The largest absolute Gasteiger partial charge is 0.477 e. The molecule has 4 aromatic rings. The Kier molecular flexibility index (Phi) is 4.02. The van der Waals surface area contributed by atoms with E-state index in [0.717, 1.165) is 27.2 Å². The highest BCUT2D eigenvalue weighted by Crippen LogP contribution is 2.35. The molecule has 128 valence electrons. The van der Waals surface area contributed by atoms with Gasteiger partial charge in [0.15, 0.2) is 5.76 Å². The summed E-state index contributed by atoms with van der Waals surface area (Å²) < 4.78 is 5.54. The number of anilines is 1. The van der Waals surface area contributed by atoms with Crippen LogP contribution in [0.25, 0.3) is 21.4 Å². The van der Waals surface area contributed by atoms with Crippen molar-refractivity contribution in [3.8, 4) is 10.4 Å². The molecule has 26 heavy (non-hydrogen) atoms. The number of thiophene rings is 1. The average Bonchev–Trinajstić information content (AvgIpc) is 3.26. The normalized spacial score (nSPS) is 10.8. The first kappa shape index (κ1) is 16.1. The van der Waals surface area contributed by atoms with Gasteiger partial charge in [0.25, 0.3) is 5.91 Å². The molecule has 0 aliphatic rings. The number of carboxylic acid groups (broad SMARTS) is 1. The van der Waals surface area contributed by atoms with Crippen LogP contribution in [0.5, 0.6) is 0 Å². The van der Waals surface area contributed by atoms with Gasteiger partial charge in [-0.1, -0.05) is 48.5 Å². The number of carboxylic acids is 1. The van der Waals surface area contributed by atoms with Crippen molar-refractivity contribution < 1.29 is 19.1 Å². The summed E-state index contributed by atoms with van der Waals surface area (Å²) in [5.41, 5.74) is 1.75. The van der Waals surface area contributed by atoms with Gasteiger partial charge in [-0.05, 0) is 23.8 Å². The average molecular weight is 363 g/mol. The maximum atomic E-state index is 12.5. The zero-order valence-electron chi connectivity index (χ0n) is 13.4. The minimum Gasteiger partial charge on any atom is -0.477 e. The van der Waals surface area contributed by atoms with Gasteiger partial charge < -0.3 is 14.8 Å². The first-order valence-corrected chi connectivity index (χ1v) is 8.66. The molecular formula is C20H13NO4S. The van der Waals surface area contributed by atoms with Crippen molar-refractivity contribution >= 4 is 39.9 Å². The number of hydrogen-bond donors (Lipinski definition) is 2. The summed E-state index contributed by atoms with van der Waals surface area (Å²) in [5, 5.41) is 12.9. The zero-order chi connectivity index (χ0) is 18.1. The van der Waals surface area contributed by atoms with Gasteiger partial charge in [0, 0.05) is 10.3 Å². The van der Waals surface area contributed by atoms with Crippen LogP contribution in [0, 0.1) is 0 Å². The molecule has 0 radical (unpaired) electrons. The highest BCUT2D eigenvalue weighted by atomic mass is 32.1. The van der Waals surface area contributed by atoms with Crippen LogP contribution in [0.4, 0.5) is 5.69 Å². The standard InChI is InChI=1S/C20H13NO4S/c22-19(16-10-13-8-4-5-9-15(13)25-16)21-14-11-17(26-18(14)20(23)24)12-6-2-1-3-7-12/h1-11H,(H,21,22)(H,23,24). The number of aromatic carboxylic acids is 1. The summed E-state index contributed by atoms with van der Waals surface area (Å²) in [6.07, 6.45) is 0.